The summed E-state index contributed by atoms with van der Waals surface area (Å²) in [6.45, 7) is 2.80. The molecular weight excluding hydrogens is 404 g/mol. The molecule has 1 aliphatic heterocycles. The number of thiocarbonyl (C=S) groups is 1. The zero-order valence-electron chi connectivity index (χ0n) is 16.6. The highest BCUT2D eigenvalue weighted by Gasteiger charge is 2.29. The average molecular weight is 425 g/mol. The lowest BCUT2D eigenvalue weighted by molar-refractivity contribution is -0.255. The maximum Gasteiger partial charge on any atom is 0.276 e. The van der Waals surface area contributed by atoms with Gasteiger partial charge in [-0.1, -0.05) is 37.3 Å². The van der Waals surface area contributed by atoms with Crippen molar-refractivity contribution in [3.05, 3.63) is 64.9 Å². The van der Waals surface area contributed by atoms with E-state index in [1.54, 1.807) is 35.2 Å². The van der Waals surface area contributed by atoms with E-state index in [2.05, 4.69) is 5.32 Å². The molecule has 0 radical (unpaired) electrons. The first kappa shape index (κ1) is 21.3. The Hall–Kier alpha value is -3.39. The van der Waals surface area contributed by atoms with Crippen LogP contribution < -0.4 is 19.9 Å². The zero-order chi connectivity index (χ0) is 21.7. The normalized spacial score (nSPS) is 14.7. The van der Waals surface area contributed by atoms with Crippen molar-refractivity contribution in [2.24, 2.45) is 0 Å². The van der Waals surface area contributed by atoms with E-state index in [1.807, 2.05) is 13.0 Å². The Kier molecular flexibility index (Phi) is 6.68. The van der Waals surface area contributed by atoms with Gasteiger partial charge in [0.05, 0.1) is 13.1 Å². The van der Waals surface area contributed by atoms with Crippen LogP contribution in [0.2, 0.25) is 0 Å². The van der Waals surface area contributed by atoms with Crippen LogP contribution in [0.3, 0.4) is 0 Å². The second-order valence-electron chi connectivity index (χ2n) is 6.63. The molecular formula is C22H21N2O5S-. The van der Waals surface area contributed by atoms with Crippen molar-refractivity contribution in [1.82, 2.24) is 10.2 Å². The first-order valence-electron chi connectivity index (χ1n) is 9.38. The SMILES string of the molecule is CCCN1C(=O)/C(=C/c2ccc(OCc3ccc(C(=O)[O-])cc3)c(OC)c2)NC1=S. The highest BCUT2D eigenvalue weighted by molar-refractivity contribution is 7.80. The summed E-state index contributed by atoms with van der Waals surface area (Å²) < 4.78 is 11.2. The minimum absolute atomic E-state index is 0.112. The number of hydrogen-bond donors (Lipinski definition) is 1. The highest BCUT2D eigenvalue weighted by Crippen LogP contribution is 2.30. The van der Waals surface area contributed by atoms with E-state index in [0.29, 0.717) is 28.9 Å². The number of rotatable bonds is 8. The first-order chi connectivity index (χ1) is 14.4. The summed E-state index contributed by atoms with van der Waals surface area (Å²) in [5.74, 6) is -0.338. The minimum Gasteiger partial charge on any atom is -0.545 e. The van der Waals surface area contributed by atoms with Crippen molar-refractivity contribution in [2.75, 3.05) is 13.7 Å². The molecule has 8 heteroatoms. The fourth-order valence-corrected chi connectivity index (χ4v) is 3.24. The second-order valence-corrected chi connectivity index (χ2v) is 7.02. The Morgan fingerprint density at radius 2 is 1.93 bits per heavy atom. The molecule has 2 aromatic carbocycles. The Morgan fingerprint density at radius 3 is 2.57 bits per heavy atom. The van der Waals surface area contributed by atoms with E-state index < -0.39 is 5.97 Å². The molecule has 156 valence electrons. The van der Waals surface area contributed by atoms with Gasteiger partial charge in [-0.25, -0.2) is 0 Å². The topological polar surface area (TPSA) is 90.9 Å². The molecule has 0 atom stereocenters. The third-order valence-electron chi connectivity index (χ3n) is 4.49. The molecule has 0 unspecified atom stereocenters. The lowest BCUT2D eigenvalue weighted by atomic mass is 10.1. The molecule has 2 aromatic rings. The van der Waals surface area contributed by atoms with Crippen molar-refractivity contribution >= 4 is 35.3 Å². The number of carboxylic acid groups (broad SMARTS) is 1. The lowest BCUT2D eigenvalue weighted by Gasteiger charge is -2.12. The molecule has 7 nitrogen and oxygen atoms in total. The zero-order valence-corrected chi connectivity index (χ0v) is 17.5. The summed E-state index contributed by atoms with van der Waals surface area (Å²) >= 11 is 5.22. The van der Waals surface area contributed by atoms with Crippen molar-refractivity contribution in [3.63, 3.8) is 0 Å². The molecule has 0 aromatic heterocycles. The molecule has 0 aliphatic carbocycles. The van der Waals surface area contributed by atoms with Gasteiger partial charge in [-0.05, 0) is 53.5 Å². The van der Waals surface area contributed by atoms with E-state index in [9.17, 15) is 14.7 Å². The number of methoxy groups -OCH3 is 1. The Labute approximate surface area is 179 Å². The number of carboxylic acids is 1. The van der Waals surface area contributed by atoms with E-state index >= 15 is 0 Å². The van der Waals surface area contributed by atoms with Gasteiger partial charge >= 0.3 is 0 Å². The van der Waals surface area contributed by atoms with Gasteiger partial charge in [0.2, 0.25) is 0 Å². The van der Waals surface area contributed by atoms with Gasteiger partial charge < -0.3 is 24.7 Å². The molecule has 1 heterocycles. The molecule has 0 saturated carbocycles. The predicted octanol–water partition coefficient (Wildman–Crippen LogP) is 2.11. The van der Waals surface area contributed by atoms with Gasteiger partial charge in [-0.3, -0.25) is 9.69 Å². The fourth-order valence-electron chi connectivity index (χ4n) is 2.96. The van der Waals surface area contributed by atoms with Crippen LogP contribution >= 0.6 is 12.2 Å². The maximum absolute atomic E-state index is 12.5. The molecule has 3 rings (SSSR count). The Bertz CT molecular complexity index is 1000. The van der Waals surface area contributed by atoms with Gasteiger partial charge in [0, 0.05) is 6.54 Å². The van der Waals surface area contributed by atoms with Crippen molar-refractivity contribution in [2.45, 2.75) is 20.0 Å². The molecule has 1 aliphatic rings. The van der Waals surface area contributed by atoms with Crippen LogP contribution in [-0.2, 0) is 11.4 Å². The number of ether oxygens (including phenoxy) is 2. The Morgan fingerprint density at radius 1 is 1.20 bits per heavy atom. The monoisotopic (exact) mass is 425 g/mol. The quantitative estimate of drug-likeness (QED) is 0.512. The van der Waals surface area contributed by atoms with Crippen molar-refractivity contribution < 1.29 is 24.2 Å². The molecule has 1 fully saturated rings. The highest BCUT2D eigenvalue weighted by atomic mass is 32.1. The van der Waals surface area contributed by atoms with Crippen LogP contribution in [-0.4, -0.2) is 35.5 Å². The third-order valence-corrected chi connectivity index (χ3v) is 4.81. The van der Waals surface area contributed by atoms with E-state index in [-0.39, 0.29) is 18.1 Å². The smallest absolute Gasteiger partial charge is 0.276 e. The molecule has 1 N–H and O–H groups in total. The summed E-state index contributed by atoms with van der Waals surface area (Å²) in [4.78, 5) is 24.8. The van der Waals surface area contributed by atoms with E-state index in [1.165, 1.54) is 19.2 Å². The minimum atomic E-state index is -1.22. The van der Waals surface area contributed by atoms with Gasteiger partial charge in [0.1, 0.15) is 12.3 Å². The lowest BCUT2D eigenvalue weighted by Crippen LogP contribution is -2.31. The molecule has 30 heavy (non-hydrogen) atoms. The predicted molar refractivity (Wildman–Crippen MR) is 114 cm³/mol. The van der Waals surface area contributed by atoms with Crippen LogP contribution in [0.25, 0.3) is 6.08 Å². The van der Waals surface area contributed by atoms with Gasteiger partial charge in [-0.2, -0.15) is 0 Å². The van der Waals surface area contributed by atoms with Crippen LogP contribution in [0.1, 0.15) is 34.8 Å². The standard InChI is InChI=1S/C22H22N2O5S/c1-3-10-24-20(25)17(23-22(24)30)11-15-6-9-18(19(12-15)28-2)29-13-14-4-7-16(8-5-14)21(26)27/h4-9,11-12H,3,10,13H2,1-2H3,(H,23,30)(H,26,27)/p-1/b17-11-. The summed E-state index contributed by atoms with van der Waals surface area (Å²) in [6.07, 6.45) is 2.53. The molecule has 1 amide bonds. The summed E-state index contributed by atoms with van der Waals surface area (Å²) in [5, 5.41) is 14.2. The molecule has 0 spiro atoms. The molecule has 1 saturated heterocycles. The number of carbonyl (C=O) groups is 2. The summed E-state index contributed by atoms with van der Waals surface area (Å²) in [7, 11) is 1.53. The van der Waals surface area contributed by atoms with E-state index in [0.717, 1.165) is 17.5 Å². The summed E-state index contributed by atoms with van der Waals surface area (Å²) in [6, 6.07) is 11.6. The number of nitrogens with zero attached hydrogens (tertiary/aromatic N) is 1. The first-order valence-corrected chi connectivity index (χ1v) is 9.79. The van der Waals surface area contributed by atoms with Crippen LogP contribution in [0, 0.1) is 0 Å². The molecule has 0 bridgehead atoms. The number of benzene rings is 2. The van der Waals surface area contributed by atoms with Crippen molar-refractivity contribution in [1.29, 1.82) is 0 Å². The fraction of sp³-hybridized carbons (Fsp3) is 0.227. The number of nitrogens with one attached hydrogen (secondary N) is 1. The number of carbonyl (C=O) groups excluding carboxylic acids is 2. The third kappa shape index (κ3) is 4.77. The second kappa shape index (κ2) is 9.41. The number of amides is 1. The van der Waals surface area contributed by atoms with Gasteiger partial charge in [0.25, 0.3) is 5.91 Å². The van der Waals surface area contributed by atoms with Crippen LogP contribution in [0.15, 0.2) is 48.2 Å². The largest absolute Gasteiger partial charge is 0.545 e. The van der Waals surface area contributed by atoms with Crippen LogP contribution in [0.4, 0.5) is 0 Å². The summed E-state index contributed by atoms with van der Waals surface area (Å²) in [5.41, 5.74) is 2.09. The average Bonchev–Trinajstić information content (AvgIpc) is 3.00. The number of hydrogen-bond acceptors (Lipinski definition) is 6. The van der Waals surface area contributed by atoms with Crippen LogP contribution in [0.5, 0.6) is 11.5 Å². The Balaban J connectivity index is 1.73. The van der Waals surface area contributed by atoms with Crippen molar-refractivity contribution in [3.8, 4) is 11.5 Å². The van der Waals surface area contributed by atoms with Gasteiger partial charge in [-0.15, -0.1) is 0 Å². The maximum atomic E-state index is 12.5. The van der Waals surface area contributed by atoms with E-state index in [4.69, 9.17) is 21.7 Å². The number of aromatic carboxylic acids is 1. The van der Waals surface area contributed by atoms with Gasteiger partial charge in [0.15, 0.2) is 16.6 Å².